The van der Waals surface area contributed by atoms with Gasteiger partial charge in [-0.3, -0.25) is 4.79 Å². The van der Waals surface area contributed by atoms with Crippen LogP contribution in [0.3, 0.4) is 0 Å². The van der Waals surface area contributed by atoms with Crippen molar-refractivity contribution in [2.45, 2.75) is 45.6 Å². The first-order valence-corrected chi connectivity index (χ1v) is 9.87. The van der Waals surface area contributed by atoms with Gasteiger partial charge in [-0.1, -0.05) is 47.5 Å². The molecule has 28 heavy (non-hydrogen) atoms. The van der Waals surface area contributed by atoms with E-state index in [9.17, 15) is 4.79 Å². The summed E-state index contributed by atoms with van der Waals surface area (Å²) in [7, 11) is 3.30. The van der Waals surface area contributed by atoms with Crippen molar-refractivity contribution in [1.29, 1.82) is 0 Å². The van der Waals surface area contributed by atoms with Crippen molar-refractivity contribution >= 4 is 5.91 Å². The highest BCUT2D eigenvalue weighted by Crippen LogP contribution is 2.35. The van der Waals surface area contributed by atoms with Crippen LogP contribution >= 0.6 is 0 Å². The Kier molecular flexibility index (Phi) is 6.75. The van der Waals surface area contributed by atoms with E-state index in [0.29, 0.717) is 13.0 Å². The fraction of sp³-hybridized carbons (Fsp3) is 0.375. The number of hydrogen-bond acceptors (Lipinski definition) is 3. The summed E-state index contributed by atoms with van der Waals surface area (Å²) in [5, 5.41) is 3.10. The summed E-state index contributed by atoms with van der Waals surface area (Å²) < 4.78 is 11.0. The zero-order chi connectivity index (χ0) is 19.9. The lowest BCUT2D eigenvalue weighted by Gasteiger charge is -2.21. The molecule has 0 saturated heterocycles. The minimum Gasteiger partial charge on any atom is -0.493 e. The van der Waals surface area contributed by atoms with Crippen molar-refractivity contribution in [3.8, 4) is 11.5 Å². The van der Waals surface area contributed by atoms with E-state index in [4.69, 9.17) is 9.47 Å². The van der Waals surface area contributed by atoms with Crippen LogP contribution in [0.5, 0.6) is 11.5 Å². The molecule has 0 heterocycles. The minimum absolute atomic E-state index is 0.0529. The molecule has 1 amide bonds. The smallest absolute Gasteiger partial charge is 0.247 e. The number of rotatable bonds is 7. The van der Waals surface area contributed by atoms with Gasteiger partial charge in [-0.05, 0) is 50.7 Å². The predicted octanol–water partition coefficient (Wildman–Crippen LogP) is 4.74. The Labute approximate surface area is 167 Å². The van der Waals surface area contributed by atoms with E-state index in [0.717, 1.165) is 53.9 Å². The number of amides is 1. The van der Waals surface area contributed by atoms with Gasteiger partial charge in [0.2, 0.25) is 5.91 Å². The Morgan fingerprint density at radius 1 is 1.00 bits per heavy atom. The van der Waals surface area contributed by atoms with Gasteiger partial charge in [0.05, 0.1) is 14.2 Å². The molecular weight excluding hydrogens is 350 g/mol. The SMILES string of the molecule is COc1cccc(CC2=C(C(=O)NCc3ccc(C)cc3)CCCC2)c1OC. The Bertz CT molecular complexity index is 853. The van der Waals surface area contributed by atoms with Crippen LogP contribution in [-0.4, -0.2) is 20.1 Å². The van der Waals surface area contributed by atoms with Crippen LogP contribution in [0.1, 0.15) is 42.4 Å². The second-order valence-electron chi connectivity index (χ2n) is 7.29. The van der Waals surface area contributed by atoms with E-state index in [-0.39, 0.29) is 5.91 Å². The maximum atomic E-state index is 12.9. The Morgan fingerprint density at radius 3 is 2.46 bits per heavy atom. The fourth-order valence-electron chi connectivity index (χ4n) is 3.75. The molecule has 3 rings (SSSR count). The van der Waals surface area contributed by atoms with Crippen molar-refractivity contribution in [1.82, 2.24) is 5.32 Å². The normalized spacial score (nSPS) is 14.0. The molecule has 1 N–H and O–H groups in total. The number of allylic oxidation sites excluding steroid dienone is 1. The second kappa shape index (κ2) is 9.45. The van der Waals surface area contributed by atoms with Gasteiger partial charge in [-0.15, -0.1) is 0 Å². The lowest BCUT2D eigenvalue weighted by molar-refractivity contribution is -0.117. The number of methoxy groups -OCH3 is 2. The van der Waals surface area contributed by atoms with Gasteiger partial charge >= 0.3 is 0 Å². The summed E-state index contributed by atoms with van der Waals surface area (Å²) in [6.45, 7) is 2.62. The lowest BCUT2D eigenvalue weighted by atomic mass is 9.87. The first-order chi connectivity index (χ1) is 13.6. The molecule has 0 atom stereocenters. The average Bonchev–Trinajstić information content (AvgIpc) is 2.73. The molecule has 0 aromatic heterocycles. The molecule has 0 bridgehead atoms. The van der Waals surface area contributed by atoms with Crippen LogP contribution in [-0.2, 0) is 17.8 Å². The third kappa shape index (κ3) is 4.75. The van der Waals surface area contributed by atoms with Gasteiger partial charge in [0.15, 0.2) is 11.5 Å². The highest BCUT2D eigenvalue weighted by atomic mass is 16.5. The van der Waals surface area contributed by atoms with Crippen LogP contribution in [0, 0.1) is 6.92 Å². The highest BCUT2D eigenvalue weighted by Gasteiger charge is 2.21. The summed E-state index contributed by atoms with van der Waals surface area (Å²) in [5.41, 5.74) is 5.54. The third-order valence-corrected chi connectivity index (χ3v) is 5.32. The number of hydrogen-bond donors (Lipinski definition) is 1. The molecule has 0 saturated carbocycles. The van der Waals surface area contributed by atoms with Crippen LogP contribution in [0.4, 0.5) is 0 Å². The van der Waals surface area contributed by atoms with Gasteiger partial charge in [0.25, 0.3) is 0 Å². The Hall–Kier alpha value is -2.75. The van der Waals surface area contributed by atoms with E-state index in [1.165, 1.54) is 11.1 Å². The summed E-state index contributed by atoms with van der Waals surface area (Å²) in [4.78, 5) is 12.9. The molecule has 2 aromatic carbocycles. The number of carbonyl (C=O) groups is 1. The van der Waals surface area contributed by atoms with E-state index in [1.807, 2.05) is 18.2 Å². The number of nitrogens with one attached hydrogen (secondary N) is 1. The summed E-state index contributed by atoms with van der Waals surface area (Å²) in [5.74, 6) is 1.53. The van der Waals surface area contributed by atoms with E-state index >= 15 is 0 Å². The number of benzene rings is 2. The maximum absolute atomic E-state index is 12.9. The van der Waals surface area contributed by atoms with Crippen LogP contribution in [0.2, 0.25) is 0 Å². The molecule has 0 unspecified atom stereocenters. The molecule has 0 radical (unpaired) electrons. The van der Waals surface area contributed by atoms with Gasteiger partial charge in [0, 0.05) is 17.7 Å². The fourth-order valence-corrected chi connectivity index (χ4v) is 3.75. The van der Waals surface area contributed by atoms with E-state index in [1.54, 1.807) is 14.2 Å². The summed E-state index contributed by atoms with van der Waals surface area (Å²) in [6.07, 6.45) is 4.69. The molecule has 148 valence electrons. The maximum Gasteiger partial charge on any atom is 0.247 e. The lowest BCUT2D eigenvalue weighted by Crippen LogP contribution is -2.27. The van der Waals surface area contributed by atoms with Gasteiger partial charge in [-0.25, -0.2) is 0 Å². The topological polar surface area (TPSA) is 47.6 Å². The van der Waals surface area contributed by atoms with Crippen molar-refractivity contribution in [2.75, 3.05) is 14.2 Å². The van der Waals surface area contributed by atoms with E-state index in [2.05, 4.69) is 36.5 Å². The number of ether oxygens (including phenoxy) is 2. The van der Waals surface area contributed by atoms with Crippen molar-refractivity contribution in [3.63, 3.8) is 0 Å². The zero-order valence-corrected chi connectivity index (χ0v) is 17.0. The van der Waals surface area contributed by atoms with Gasteiger partial charge in [-0.2, -0.15) is 0 Å². The standard InChI is InChI=1S/C24H29NO3/c1-17-11-13-18(14-12-17)16-25-24(26)21-9-5-4-7-19(21)15-20-8-6-10-22(27-2)23(20)28-3/h6,8,10-14H,4-5,7,9,15-16H2,1-3H3,(H,25,26). The minimum atomic E-state index is 0.0529. The van der Waals surface area contributed by atoms with Gasteiger partial charge < -0.3 is 14.8 Å². The van der Waals surface area contributed by atoms with Crippen LogP contribution in [0.15, 0.2) is 53.6 Å². The number of para-hydroxylation sites is 1. The number of carbonyl (C=O) groups excluding carboxylic acids is 1. The molecule has 0 aliphatic heterocycles. The molecule has 1 aliphatic carbocycles. The molecule has 1 aliphatic rings. The first kappa shape index (κ1) is 20.0. The van der Waals surface area contributed by atoms with Crippen LogP contribution < -0.4 is 14.8 Å². The average molecular weight is 380 g/mol. The predicted molar refractivity (Wildman–Crippen MR) is 112 cm³/mol. The highest BCUT2D eigenvalue weighted by molar-refractivity contribution is 5.94. The quantitative estimate of drug-likeness (QED) is 0.756. The molecule has 0 fully saturated rings. The monoisotopic (exact) mass is 379 g/mol. The third-order valence-electron chi connectivity index (χ3n) is 5.32. The Balaban J connectivity index is 1.77. The molecular formula is C24H29NO3. The molecule has 2 aromatic rings. The first-order valence-electron chi connectivity index (χ1n) is 9.87. The largest absolute Gasteiger partial charge is 0.493 e. The molecule has 4 heteroatoms. The summed E-state index contributed by atoms with van der Waals surface area (Å²) >= 11 is 0. The van der Waals surface area contributed by atoms with Crippen molar-refractivity contribution < 1.29 is 14.3 Å². The molecule has 4 nitrogen and oxygen atoms in total. The van der Waals surface area contributed by atoms with Gasteiger partial charge in [0.1, 0.15) is 0 Å². The molecule has 0 spiro atoms. The Morgan fingerprint density at radius 2 is 1.75 bits per heavy atom. The van der Waals surface area contributed by atoms with Crippen LogP contribution in [0.25, 0.3) is 0 Å². The van der Waals surface area contributed by atoms with E-state index < -0.39 is 0 Å². The zero-order valence-electron chi connectivity index (χ0n) is 17.0. The van der Waals surface area contributed by atoms with Crippen molar-refractivity contribution in [2.24, 2.45) is 0 Å². The second-order valence-corrected chi connectivity index (χ2v) is 7.29. The summed E-state index contributed by atoms with van der Waals surface area (Å²) in [6, 6.07) is 14.2. The van der Waals surface area contributed by atoms with Crippen molar-refractivity contribution in [3.05, 3.63) is 70.3 Å². The number of aryl methyl sites for hydroxylation is 1.